The van der Waals surface area contributed by atoms with Crippen LogP contribution in [0.3, 0.4) is 0 Å². The quantitative estimate of drug-likeness (QED) is 0.326. The van der Waals surface area contributed by atoms with Crippen molar-refractivity contribution in [1.82, 2.24) is 0 Å². The average molecular weight is 511 g/mol. The predicted molar refractivity (Wildman–Crippen MR) is 136 cm³/mol. The van der Waals surface area contributed by atoms with Gasteiger partial charge in [-0.15, -0.1) is 0 Å². The minimum Gasteiger partial charge on any atom is -0.497 e. The van der Waals surface area contributed by atoms with Crippen molar-refractivity contribution in [1.29, 1.82) is 0 Å². The third-order valence-electron chi connectivity index (χ3n) is 6.52. The number of carboxylic acids is 1. The highest BCUT2D eigenvalue weighted by Crippen LogP contribution is 2.54. The van der Waals surface area contributed by atoms with Gasteiger partial charge in [0.25, 0.3) is 0 Å². The minimum atomic E-state index is -1.09. The molecule has 4 rings (SSSR count). The van der Waals surface area contributed by atoms with Gasteiger partial charge < -0.3 is 19.3 Å². The smallest absolute Gasteiger partial charge is 0.341 e. The van der Waals surface area contributed by atoms with E-state index >= 15 is 0 Å². The first kappa shape index (κ1) is 25.7. The zero-order valence-corrected chi connectivity index (χ0v) is 20.9. The number of methoxy groups -OCH3 is 1. The number of aliphatic carboxylic acids is 1. The molecule has 1 aliphatic rings. The zero-order chi connectivity index (χ0) is 25.8. The fraction of sp³-hybridized carbons (Fsp3) is 0.276. The van der Waals surface area contributed by atoms with Crippen molar-refractivity contribution in [3.8, 4) is 11.5 Å². The lowest BCUT2D eigenvalue weighted by Gasteiger charge is -2.43. The molecular weight excluding hydrogens is 483 g/mol. The van der Waals surface area contributed by atoms with Crippen LogP contribution in [-0.2, 0) is 9.53 Å². The van der Waals surface area contributed by atoms with E-state index in [0.717, 1.165) is 11.1 Å². The van der Waals surface area contributed by atoms with Crippen molar-refractivity contribution >= 4 is 17.6 Å². The first-order valence-electron chi connectivity index (χ1n) is 11.6. The SMILES string of the molecule is C=C(C)[C@H]1C[C@H](c2ccccc2Cl)[C@H](c2cccc(F)c2)O[C@@H]1c1cc(OC)ccc1OCC(=O)O. The second kappa shape index (κ2) is 11.1. The maximum atomic E-state index is 14.3. The number of hydrogen-bond acceptors (Lipinski definition) is 4. The Morgan fingerprint density at radius 1 is 1.11 bits per heavy atom. The van der Waals surface area contributed by atoms with E-state index in [-0.39, 0.29) is 17.7 Å². The van der Waals surface area contributed by atoms with Crippen LogP contribution >= 0.6 is 11.6 Å². The third kappa shape index (κ3) is 5.55. The topological polar surface area (TPSA) is 65.0 Å². The maximum absolute atomic E-state index is 14.3. The van der Waals surface area contributed by atoms with Crippen LogP contribution in [0.4, 0.5) is 4.39 Å². The fourth-order valence-corrected chi connectivity index (χ4v) is 5.10. The van der Waals surface area contributed by atoms with Crippen molar-refractivity contribution < 1.29 is 28.5 Å². The van der Waals surface area contributed by atoms with Crippen LogP contribution < -0.4 is 9.47 Å². The van der Waals surface area contributed by atoms with Crippen LogP contribution in [0.2, 0.25) is 5.02 Å². The summed E-state index contributed by atoms with van der Waals surface area (Å²) in [4.78, 5) is 11.2. The molecule has 0 unspecified atom stereocenters. The van der Waals surface area contributed by atoms with Crippen LogP contribution in [0.5, 0.6) is 11.5 Å². The number of carboxylic acid groups (broad SMARTS) is 1. The van der Waals surface area contributed by atoms with E-state index in [1.165, 1.54) is 12.1 Å². The van der Waals surface area contributed by atoms with E-state index in [9.17, 15) is 14.3 Å². The van der Waals surface area contributed by atoms with Crippen LogP contribution in [0.25, 0.3) is 0 Å². The van der Waals surface area contributed by atoms with Crippen LogP contribution in [-0.4, -0.2) is 24.8 Å². The van der Waals surface area contributed by atoms with Gasteiger partial charge >= 0.3 is 5.97 Å². The summed E-state index contributed by atoms with van der Waals surface area (Å²) in [6.45, 7) is 5.66. The Bertz CT molecular complexity index is 1260. The molecule has 5 nitrogen and oxygen atoms in total. The predicted octanol–water partition coefficient (Wildman–Crippen LogP) is 7.13. The largest absolute Gasteiger partial charge is 0.497 e. The number of carbonyl (C=O) groups is 1. The molecule has 4 atom stereocenters. The molecule has 1 saturated heterocycles. The summed E-state index contributed by atoms with van der Waals surface area (Å²) in [5, 5.41) is 9.79. The summed E-state index contributed by atoms with van der Waals surface area (Å²) in [5.41, 5.74) is 3.12. The molecule has 0 radical (unpaired) electrons. The zero-order valence-electron chi connectivity index (χ0n) is 20.1. The Balaban J connectivity index is 1.84. The number of hydrogen-bond donors (Lipinski definition) is 1. The van der Waals surface area contributed by atoms with E-state index < -0.39 is 24.8 Å². The standard InChI is InChI=1S/C29H28ClFO5/c1-17(2)22-15-23(21-9-4-5-10-25(21)30)28(18-7-6-8-19(31)13-18)36-29(22)24-14-20(34-3)11-12-26(24)35-16-27(32)33/h4-14,22-23,28-29H,1,15-16H2,2-3H3,(H,32,33)/t22-,23-,28+,29+/m1/s1. The molecule has 1 heterocycles. The lowest BCUT2D eigenvalue weighted by atomic mass is 9.74. The maximum Gasteiger partial charge on any atom is 0.341 e. The second-order valence-electron chi connectivity index (χ2n) is 8.94. The molecule has 1 N–H and O–H groups in total. The molecule has 188 valence electrons. The first-order chi connectivity index (χ1) is 17.3. The summed E-state index contributed by atoms with van der Waals surface area (Å²) < 4.78 is 32.2. The van der Waals surface area contributed by atoms with Crippen LogP contribution in [0.1, 0.15) is 48.2 Å². The molecule has 0 spiro atoms. The molecule has 36 heavy (non-hydrogen) atoms. The summed E-state index contributed by atoms with van der Waals surface area (Å²) in [6.07, 6.45) is -0.450. The number of halogens is 2. The lowest BCUT2D eigenvalue weighted by molar-refractivity contribution is -0.139. The highest BCUT2D eigenvalue weighted by Gasteiger charge is 2.42. The van der Waals surface area contributed by atoms with Gasteiger partial charge in [0, 0.05) is 22.4 Å². The van der Waals surface area contributed by atoms with Crippen molar-refractivity contribution in [2.45, 2.75) is 31.5 Å². The van der Waals surface area contributed by atoms with E-state index in [1.54, 1.807) is 31.4 Å². The number of benzene rings is 3. The second-order valence-corrected chi connectivity index (χ2v) is 9.34. The Hall–Kier alpha value is -3.35. The molecule has 0 bridgehead atoms. The Morgan fingerprint density at radius 2 is 1.89 bits per heavy atom. The fourth-order valence-electron chi connectivity index (χ4n) is 4.83. The van der Waals surface area contributed by atoms with Gasteiger partial charge in [0.05, 0.1) is 19.3 Å². The molecule has 0 amide bonds. The van der Waals surface area contributed by atoms with E-state index in [2.05, 4.69) is 6.58 Å². The molecule has 0 saturated carbocycles. The Labute approximate surface area is 215 Å². The van der Waals surface area contributed by atoms with Gasteiger partial charge in [-0.2, -0.15) is 0 Å². The number of rotatable bonds is 8. The monoisotopic (exact) mass is 510 g/mol. The summed E-state index contributed by atoms with van der Waals surface area (Å²) in [6, 6.07) is 19.1. The van der Waals surface area contributed by atoms with Crippen molar-refractivity contribution in [3.05, 3.63) is 106 Å². The third-order valence-corrected chi connectivity index (χ3v) is 6.87. The van der Waals surface area contributed by atoms with Crippen LogP contribution in [0, 0.1) is 11.7 Å². The minimum absolute atomic E-state index is 0.157. The Morgan fingerprint density at radius 3 is 2.56 bits per heavy atom. The molecule has 0 aliphatic carbocycles. The summed E-state index contributed by atoms with van der Waals surface area (Å²) in [5.74, 6) is -0.827. The van der Waals surface area contributed by atoms with Gasteiger partial charge in [0.15, 0.2) is 6.61 Å². The normalized spacial score (nSPS) is 21.6. The molecule has 3 aromatic rings. The molecule has 1 aliphatic heterocycles. The van der Waals surface area contributed by atoms with Gasteiger partial charge in [-0.05, 0) is 60.9 Å². The van der Waals surface area contributed by atoms with Gasteiger partial charge in [0.1, 0.15) is 17.3 Å². The van der Waals surface area contributed by atoms with E-state index in [1.807, 2.05) is 37.3 Å². The van der Waals surface area contributed by atoms with Gasteiger partial charge in [0.2, 0.25) is 0 Å². The van der Waals surface area contributed by atoms with E-state index in [4.69, 9.17) is 25.8 Å². The van der Waals surface area contributed by atoms with Crippen molar-refractivity contribution in [3.63, 3.8) is 0 Å². The lowest BCUT2D eigenvalue weighted by Crippen LogP contribution is -2.32. The first-order valence-corrected chi connectivity index (χ1v) is 12.0. The highest BCUT2D eigenvalue weighted by molar-refractivity contribution is 6.31. The molecule has 3 aromatic carbocycles. The molecule has 1 fully saturated rings. The summed E-state index contributed by atoms with van der Waals surface area (Å²) >= 11 is 6.61. The van der Waals surface area contributed by atoms with Gasteiger partial charge in [-0.25, -0.2) is 9.18 Å². The van der Waals surface area contributed by atoms with E-state index in [0.29, 0.717) is 34.1 Å². The highest BCUT2D eigenvalue weighted by atomic mass is 35.5. The molecule has 0 aromatic heterocycles. The molecule has 7 heteroatoms. The van der Waals surface area contributed by atoms with Crippen LogP contribution in [0.15, 0.2) is 78.9 Å². The summed E-state index contributed by atoms with van der Waals surface area (Å²) in [7, 11) is 1.55. The molecular formula is C29H28ClFO5. The Kier molecular flexibility index (Phi) is 7.97. The number of ether oxygens (including phenoxy) is 3. The average Bonchev–Trinajstić information content (AvgIpc) is 2.87. The van der Waals surface area contributed by atoms with Crippen molar-refractivity contribution in [2.75, 3.05) is 13.7 Å². The van der Waals surface area contributed by atoms with Gasteiger partial charge in [-0.3, -0.25) is 0 Å². The van der Waals surface area contributed by atoms with Crippen molar-refractivity contribution in [2.24, 2.45) is 5.92 Å². The van der Waals surface area contributed by atoms with Gasteiger partial charge in [-0.1, -0.05) is 54.1 Å².